The van der Waals surface area contributed by atoms with Crippen molar-refractivity contribution in [1.82, 2.24) is 0 Å². The van der Waals surface area contributed by atoms with Crippen molar-refractivity contribution in [2.24, 2.45) is 11.3 Å². The summed E-state index contributed by atoms with van der Waals surface area (Å²) < 4.78 is 5.08. The van der Waals surface area contributed by atoms with Gasteiger partial charge in [0.2, 0.25) is 0 Å². The van der Waals surface area contributed by atoms with Crippen LogP contribution in [0, 0.1) is 11.3 Å². The molecule has 0 bridgehead atoms. The standard InChI is InChI=1S/C10H16O4/c11-8-6-14-4-3-10(8,9(12)13)5-7-1-2-7/h7-8,11H,1-6H2,(H,12,13). The Morgan fingerprint density at radius 1 is 1.50 bits per heavy atom. The number of aliphatic hydroxyl groups excluding tert-OH is 1. The highest BCUT2D eigenvalue weighted by molar-refractivity contribution is 5.75. The Kier molecular flexibility index (Phi) is 2.49. The van der Waals surface area contributed by atoms with E-state index in [1.165, 1.54) is 0 Å². The van der Waals surface area contributed by atoms with Gasteiger partial charge in [0.05, 0.1) is 18.1 Å². The number of carboxylic acid groups (broad SMARTS) is 1. The van der Waals surface area contributed by atoms with Gasteiger partial charge in [0.25, 0.3) is 0 Å². The second kappa shape index (κ2) is 3.51. The summed E-state index contributed by atoms with van der Waals surface area (Å²) in [5, 5.41) is 19.0. The van der Waals surface area contributed by atoms with Crippen LogP contribution in [0.4, 0.5) is 0 Å². The van der Waals surface area contributed by atoms with E-state index in [0.717, 1.165) is 12.8 Å². The van der Waals surface area contributed by atoms with E-state index in [1.807, 2.05) is 0 Å². The highest BCUT2D eigenvalue weighted by atomic mass is 16.5. The maximum Gasteiger partial charge on any atom is 0.312 e. The van der Waals surface area contributed by atoms with E-state index in [-0.39, 0.29) is 6.61 Å². The van der Waals surface area contributed by atoms with Gasteiger partial charge in [-0.15, -0.1) is 0 Å². The van der Waals surface area contributed by atoms with Crippen LogP contribution in [-0.4, -0.2) is 35.5 Å². The Morgan fingerprint density at radius 3 is 2.71 bits per heavy atom. The van der Waals surface area contributed by atoms with Crippen LogP contribution in [0.3, 0.4) is 0 Å². The lowest BCUT2D eigenvalue weighted by Crippen LogP contribution is -2.49. The second-order valence-corrected chi connectivity index (χ2v) is 4.45. The van der Waals surface area contributed by atoms with Crippen molar-refractivity contribution in [2.75, 3.05) is 13.2 Å². The summed E-state index contributed by atoms with van der Waals surface area (Å²) in [5.41, 5.74) is -0.931. The van der Waals surface area contributed by atoms with Crippen LogP contribution >= 0.6 is 0 Å². The Bertz CT molecular complexity index is 236. The lowest BCUT2D eigenvalue weighted by Gasteiger charge is -2.37. The SMILES string of the molecule is O=C(O)C1(CC2CC2)CCOCC1O. The summed E-state index contributed by atoms with van der Waals surface area (Å²) in [6, 6.07) is 0. The third-order valence-corrected chi connectivity index (χ3v) is 3.38. The van der Waals surface area contributed by atoms with Gasteiger partial charge in [-0.2, -0.15) is 0 Å². The number of ether oxygens (including phenoxy) is 1. The van der Waals surface area contributed by atoms with Crippen LogP contribution in [0.1, 0.15) is 25.7 Å². The van der Waals surface area contributed by atoms with Gasteiger partial charge >= 0.3 is 5.97 Å². The number of carboxylic acids is 1. The Hall–Kier alpha value is -0.610. The van der Waals surface area contributed by atoms with Crippen LogP contribution in [0.25, 0.3) is 0 Å². The van der Waals surface area contributed by atoms with Gasteiger partial charge in [0.1, 0.15) is 0 Å². The van der Waals surface area contributed by atoms with Crippen molar-refractivity contribution < 1.29 is 19.7 Å². The van der Waals surface area contributed by atoms with E-state index >= 15 is 0 Å². The minimum absolute atomic E-state index is 0.166. The molecule has 1 heterocycles. The topological polar surface area (TPSA) is 66.8 Å². The Balaban J connectivity index is 2.13. The molecule has 0 amide bonds. The highest BCUT2D eigenvalue weighted by Crippen LogP contribution is 2.45. The van der Waals surface area contributed by atoms with Gasteiger partial charge in [0, 0.05) is 6.61 Å². The van der Waals surface area contributed by atoms with E-state index in [4.69, 9.17) is 4.74 Å². The van der Waals surface area contributed by atoms with Gasteiger partial charge in [-0.05, 0) is 18.8 Å². The molecule has 2 atom stereocenters. The fourth-order valence-corrected chi connectivity index (χ4v) is 2.19. The number of aliphatic carboxylic acids is 1. The molecule has 1 saturated carbocycles. The summed E-state index contributed by atoms with van der Waals surface area (Å²) in [5.74, 6) is -0.348. The molecular formula is C10H16O4. The molecule has 0 spiro atoms. The van der Waals surface area contributed by atoms with E-state index in [2.05, 4.69) is 0 Å². The molecule has 0 aromatic carbocycles. The lowest BCUT2D eigenvalue weighted by atomic mass is 9.74. The molecular weight excluding hydrogens is 184 g/mol. The van der Waals surface area contributed by atoms with Crippen molar-refractivity contribution in [1.29, 1.82) is 0 Å². The molecule has 0 aromatic rings. The summed E-state index contributed by atoms with van der Waals surface area (Å²) in [6.45, 7) is 0.620. The molecule has 80 valence electrons. The molecule has 2 unspecified atom stereocenters. The largest absolute Gasteiger partial charge is 0.481 e. The maximum absolute atomic E-state index is 11.2. The first kappa shape index (κ1) is 9.93. The molecule has 14 heavy (non-hydrogen) atoms. The molecule has 2 fully saturated rings. The van der Waals surface area contributed by atoms with Crippen molar-refractivity contribution >= 4 is 5.97 Å². The van der Waals surface area contributed by atoms with E-state index < -0.39 is 17.5 Å². The predicted octanol–water partition coefficient (Wildman–Crippen LogP) is 0.639. The predicted molar refractivity (Wildman–Crippen MR) is 48.9 cm³/mol. The minimum Gasteiger partial charge on any atom is -0.481 e. The van der Waals surface area contributed by atoms with Crippen molar-refractivity contribution in [3.05, 3.63) is 0 Å². The van der Waals surface area contributed by atoms with Gasteiger partial charge < -0.3 is 14.9 Å². The maximum atomic E-state index is 11.2. The molecule has 2 aliphatic rings. The zero-order valence-corrected chi connectivity index (χ0v) is 8.11. The van der Waals surface area contributed by atoms with E-state index in [0.29, 0.717) is 25.4 Å². The van der Waals surface area contributed by atoms with E-state index in [9.17, 15) is 15.0 Å². The summed E-state index contributed by atoms with van der Waals surface area (Å²) in [4.78, 5) is 11.2. The average Bonchev–Trinajstić information content (AvgIpc) is 2.92. The van der Waals surface area contributed by atoms with Crippen LogP contribution in [-0.2, 0) is 9.53 Å². The molecule has 1 aliphatic heterocycles. The zero-order chi connectivity index (χ0) is 10.2. The van der Waals surface area contributed by atoms with E-state index in [1.54, 1.807) is 0 Å². The molecule has 2 N–H and O–H groups in total. The normalized spacial score (nSPS) is 38.2. The summed E-state index contributed by atoms with van der Waals surface area (Å²) >= 11 is 0. The molecule has 0 radical (unpaired) electrons. The van der Waals surface area contributed by atoms with Crippen LogP contribution in [0.5, 0.6) is 0 Å². The molecule has 4 nitrogen and oxygen atoms in total. The van der Waals surface area contributed by atoms with Crippen LogP contribution < -0.4 is 0 Å². The smallest absolute Gasteiger partial charge is 0.312 e. The number of hydrogen-bond donors (Lipinski definition) is 2. The Morgan fingerprint density at radius 2 is 2.21 bits per heavy atom. The third kappa shape index (κ3) is 1.64. The number of rotatable bonds is 3. The van der Waals surface area contributed by atoms with Crippen molar-refractivity contribution in [3.8, 4) is 0 Å². The van der Waals surface area contributed by atoms with Gasteiger partial charge in [-0.25, -0.2) is 0 Å². The Labute approximate surface area is 82.9 Å². The van der Waals surface area contributed by atoms with Crippen LogP contribution in [0.15, 0.2) is 0 Å². The van der Waals surface area contributed by atoms with Crippen molar-refractivity contribution in [2.45, 2.75) is 31.8 Å². The van der Waals surface area contributed by atoms with Gasteiger partial charge in [0.15, 0.2) is 0 Å². The average molecular weight is 200 g/mol. The summed E-state index contributed by atoms with van der Waals surface area (Å²) in [7, 11) is 0. The lowest BCUT2D eigenvalue weighted by molar-refractivity contribution is -0.172. The zero-order valence-electron chi connectivity index (χ0n) is 8.11. The molecule has 2 rings (SSSR count). The molecule has 0 aromatic heterocycles. The third-order valence-electron chi connectivity index (χ3n) is 3.38. The van der Waals surface area contributed by atoms with Gasteiger partial charge in [-0.3, -0.25) is 4.79 Å². The van der Waals surface area contributed by atoms with Crippen molar-refractivity contribution in [3.63, 3.8) is 0 Å². The number of carbonyl (C=O) groups is 1. The monoisotopic (exact) mass is 200 g/mol. The summed E-state index contributed by atoms with van der Waals surface area (Å²) in [6.07, 6.45) is 2.45. The molecule has 1 saturated heterocycles. The molecule has 4 heteroatoms. The first-order valence-electron chi connectivity index (χ1n) is 5.14. The fourth-order valence-electron chi connectivity index (χ4n) is 2.19. The first-order valence-corrected chi connectivity index (χ1v) is 5.14. The van der Waals surface area contributed by atoms with Gasteiger partial charge in [-0.1, -0.05) is 12.8 Å². The fraction of sp³-hybridized carbons (Fsp3) is 0.900. The number of hydrogen-bond acceptors (Lipinski definition) is 3. The molecule has 1 aliphatic carbocycles. The number of aliphatic hydroxyl groups is 1. The highest BCUT2D eigenvalue weighted by Gasteiger charge is 2.50. The first-order chi connectivity index (χ1) is 6.65. The quantitative estimate of drug-likeness (QED) is 0.701. The minimum atomic E-state index is -0.931. The second-order valence-electron chi connectivity index (χ2n) is 4.45. The van der Waals surface area contributed by atoms with Crippen LogP contribution in [0.2, 0.25) is 0 Å².